The molecule has 4 bridgehead atoms. The number of fused-ring (bicyclic) bond motifs is 4. The molecule has 5 saturated heterocycles. The second-order valence-corrected chi connectivity index (χ2v) is 45.4. The first-order valence-corrected chi connectivity index (χ1v) is 46.4. The van der Waals surface area contributed by atoms with Crippen LogP contribution in [-0.4, -0.2) is 162 Å². The van der Waals surface area contributed by atoms with Gasteiger partial charge in [0.15, 0.2) is 34.6 Å². The molecule has 8 aromatic rings. The molecule has 7 aliphatic rings. The average Bonchev–Trinajstić information content (AvgIpc) is 1.58. The third kappa shape index (κ3) is 19.3. The zero-order valence-electron chi connectivity index (χ0n) is 68.3. The van der Waals surface area contributed by atoms with E-state index in [4.69, 9.17) is 48.7 Å². The van der Waals surface area contributed by atoms with Gasteiger partial charge in [-0.25, -0.2) is 15.0 Å². The van der Waals surface area contributed by atoms with E-state index in [0.717, 1.165) is 145 Å². The van der Waals surface area contributed by atoms with Crippen molar-refractivity contribution in [2.45, 2.75) is 237 Å². The van der Waals surface area contributed by atoms with Crippen molar-refractivity contribution in [2.75, 3.05) is 70.5 Å². The molecule has 4 atom stereocenters. The van der Waals surface area contributed by atoms with Crippen molar-refractivity contribution in [3.05, 3.63) is 174 Å². The van der Waals surface area contributed by atoms with Gasteiger partial charge in [-0.1, -0.05) is 102 Å². The molecule has 25 heteroatoms. The van der Waals surface area contributed by atoms with Gasteiger partial charge in [0.25, 0.3) is 0 Å². The Morgan fingerprint density at radius 3 is 1.32 bits per heavy atom. The molecular formula is C87H115BrN14O8Si2. The van der Waals surface area contributed by atoms with Gasteiger partial charge in [0.1, 0.15) is 40.5 Å². The van der Waals surface area contributed by atoms with E-state index in [-0.39, 0.29) is 52.0 Å². The van der Waals surface area contributed by atoms with Gasteiger partial charge in [-0.15, -0.1) is 20.4 Å². The van der Waals surface area contributed by atoms with Crippen LogP contribution in [0.1, 0.15) is 137 Å². The first-order valence-electron chi connectivity index (χ1n) is 39.8. The molecular weight excluding hydrogens is 1510 g/mol. The summed E-state index contributed by atoms with van der Waals surface area (Å²) in [5, 5.41) is 18.0. The summed E-state index contributed by atoms with van der Waals surface area (Å²) in [5.41, 5.74) is 23.6. The number of halogens is 1. The third-order valence-corrected chi connectivity index (χ3v) is 33.9. The molecule has 11 heterocycles. The molecule has 2 saturated carbocycles. The largest absolute Gasteiger partial charge is 0.489 e. The minimum Gasteiger partial charge on any atom is -0.489 e. The number of aromatic nitrogens is 8. The van der Waals surface area contributed by atoms with E-state index in [1.165, 1.54) is 11.1 Å². The van der Waals surface area contributed by atoms with Gasteiger partial charge in [-0.05, 0) is 191 Å². The molecule has 112 heavy (non-hydrogen) atoms. The molecule has 15 rings (SSSR count). The van der Waals surface area contributed by atoms with Gasteiger partial charge >= 0.3 is 0 Å². The Labute approximate surface area is 673 Å². The quantitative estimate of drug-likeness (QED) is 0.0364. The van der Waals surface area contributed by atoms with E-state index >= 15 is 0 Å². The Morgan fingerprint density at radius 1 is 0.509 bits per heavy atom. The van der Waals surface area contributed by atoms with Gasteiger partial charge in [-0.2, -0.15) is 0 Å². The lowest BCUT2D eigenvalue weighted by molar-refractivity contribution is -0.0508. The first kappa shape index (κ1) is 81.4. The summed E-state index contributed by atoms with van der Waals surface area (Å²) in [4.78, 5) is 27.7. The van der Waals surface area contributed by atoms with Crippen LogP contribution in [0.5, 0.6) is 23.3 Å². The van der Waals surface area contributed by atoms with Crippen LogP contribution in [0.4, 0.5) is 34.4 Å². The molecule has 22 nitrogen and oxygen atoms in total. The summed E-state index contributed by atoms with van der Waals surface area (Å²) in [6.07, 6.45) is 23.2. The maximum atomic E-state index is 6.41. The Bertz CT molecular complexity index is 4540. The Balaban J connectivity index is 0.000000161. The van der Waals surface area contributed by atoms with Crippen molar-refractivity contribution in [3.63, 3.8) is 0 Å². The van der Waals surface area contributed by atoms with E-state index in [2.05, 4.69) is 246 Å². The molecule has 596 valence electrons. The molecule has 5 aliphatic heterocycles. The lowest BCUT2D eigenvalue weighted by Gasteiger charge is -2.43. The van der Waals surface area contributed by atoms with Crippen molar-refractivity contribution >= 4 is 73.0 Å². The zero-order chi connectivity index (χ0) is 79.5. The molecule has 2 aromatic carbocycles. The summed E-state index contributed by atoms with van der Waals surface area (Å²) in [5.74, 6) is 3.85. The van der Waals surface area contributed by atoms with Crippen molar-refractivity contribution in [1.82, 2.24) is 40.3 Å². The van der Waals surface area contributed by atoms with Crippen LogP contribution in [0.15, 0.2) is 157 Å². The third-order valence-electron chi connectivity index (χ3n) is 24.4. The number of nitrogen functional groups attached to an aromatic ring is 2. The van der Waals surface area contributed by atoms with Crippen LogP contribution in [0.25, 0.3) is 28.6 Å². The predicted octanol–water partition coefficient (Wildman–Crippen LogP) is 17.6. The van der Waals surface area contributed by atoms with Crippen molar-refractivity contribution in [1.29, 1.82) is 0 Å². The summed E-state index contributed by atoms with van der Waals surface area (Å²) in [7, 11) is -3.43. The number of rotatable bonds is 22. The van der Waals surface area contributed by atoms with Crippen LogP contribution in [0, 0.1) is 13.8 Å². The highest BCUT2D eigenvalue weighted by atomic mass is 79.9. The topological polar surface area (TPSA) is 242 Å². The number of hydrogen-bond donors (Lipinski definition) is 2. The number of pyridine rings is 4. The minimum atomic E-state index is -1.76. The van der Waals surface area contributed by atoms with Crippen LogP contribution in [0.2, 0.25) is 36.3 Å². The standard InChI is InChI=1S/C40H51N7O3Si.C31H32BrN7O2.C16H32O3Si/c1-27-10-7-8-12-35(27)36-23-37(39(41)45-44-36)46-25-30-14-15-31(26-46)47(30)29-17-18-42-38(20-29)50-34-21-33(22-34)49-32-16-13-28(43-24-32)11-9-19-48-51(5,6)40(2,3)4;1-19-4-2-3-5-26(19)27-15-28(31(33)37-36-27)38-17-21-6-7-22(18-38)39(21)20-10-11-34-30(12-20)41-25-13-24(14-25)40-23-8-9-29(32)35-16-23;1-14(2,3)20(8,9)17-12-10-11-13-18-15(4,5)16(6,7)19-13/h7-13,16-18,20,23-24,30-31,33-34H,14-15,19,21-22,25-26H2,1-6H3,(H2,41,45);2-5,8-12,15-16,21-22,24-25H,6-7,13-14,17-18H2,1H3,(H2,33,37);10-11,13H,12H2,1-9H3. The van der Waals surface area contributed by atoms with E-state index in [9.17, 15) is 0 Å². The maximum Gasteiger partial charge on any atom is 0.215 e. The highest BCUT2D eigenvalue weighted by Crippen LogP contribution is 2.45. The molecule has 2 aliphatic carbocycles. The van der Waals surface area contributed by atoms with E-state index in [0.29, 0.717) is 60.8 Å². The van der Waals surface area contributed by atoms with Crippen LogP contribution in [-0.2, 0) is 18.3 Å². The number of nitrogens with zero attached hydrogens (tertiary/aromatic N) is 12. The highest BCUT2D eigenvalue weighted by Gasteiger charge is 2.49. The van der Waals surface area contributed by atoms with E-state index in [1.54, 1.807) is 12.4 Å². The number of nitrogens with two attached hydrogens (primary N) is 2. The fraction of sp³-hybridized carbons (Fsp3) is 0.494. The molecule has 0 radical (unpaired) electrons. The van der Waals surface area contributed by atoms with Crippen molar-refractivity contribution in [3.8, 4) is 45.8 Å². The summed E-state index contributed by atoms with van der Waals surface area (Å²) in [6.45, 7) is 39.7. The predicted molar refractivity (Wildman–Crippen MR) is 456 cm³/mol. The van der Waals surface area contributed by atoms with Gasteiger partial charge < -0.3 is 68.3 Å². The average molecular weight is 1620 g/mol. The minimum absolute atomic E-state index is 0.0759. The van der Waals surface area contributed by atoms with Gasteiger partial charge in [0.05, 0.1) is 65.3 Å². The lowest BCUT2D eigenvalue weighted by Crippen LogP contribution is -2.54. The number of aryl methyl sites for hydroxylation is 2. The second kappa shape index (κ2) is 33.9. The molecule has 7 fully saturated rings. The normalized spacial score (nSPS) is 22.7. The lowest BCUT2D eigenvalue weighted by atomic mass is 9.90. The number of ether oxygens (including phenoxy) is 6. The second-order valence-electron chi connectivity index (χ2n) is 35.0. The van der Waals surface area contributed by atoms with E-state index in [1.807, 2.05) is 85.2 Å². The summed E-state index contributed by atoms with van der Waals surface area (Å²) in [6, 6.07) is 38.4. The van der Waals surface area contributed by atoms with Crippen LogP contribution >= 0.6 is 15.9 Å². The van der Waals surface area contributed by atoms with Crippen LogP contribution < -0.4 is 50.0 Å². The first-order chi connectivity index (χ1) is 53.2. The molecule has 6 aromatic heterocycles. The fourth-order valence-corrected chi connectivity index (χ4v) is 17.1. The van der Waals surface area contributed by atoms with Gasteiger partial charge in [0.2, 0.25) is 11.8 Å². The number of hydrogen-bond acceptors (Lipinski definition) is 22. The van der Waals surface area contributed by atoms with Gasteiger partial charge in [0, 0.05) is 123 Å². The highest BCUT2D eigenvalue weighted by molar-refractivity contribution is 9.10. The molecule has 0 amide bonds. The zero-order valence-corrected chi connectivity index (χ0v) is 71.9. The van der Waals surface area contributed by atoms with Crippen molar-refractivity contribution < 1.29 is 37.3 Å². The number of piperazine rings is 2. The number of benzene rings is 2. The van der Waals surface area contributed by atoms with Crippen molar-refractivity contribution in [2.24, 2.45) is 0 Å². The van der Waals surface area contributed by atoms with E-state index < -0.39 is 16.6 Å². The smallest absolute Gasteiger partial charge is 0.215 e. The Morgan fingerprint density at radius 2 is 0.920 bits per heavy atom. The molecule has 0 spiro atoms. The summed E-state index contributed by atoms with van der Waals surface area (Å²) < 4.78 is 49.7. The molecule has 4 unspecified atom stereocenters. The Kier molecular flexibility index (Phi) is 24.6. The SMILES string of the molecule is CC1(C)OC(C=CCO[Si](C)(C)C(C)(C)C)OC1(C)C.Cc1ccccc1-c1cc(N2CC3CCC(C2)N3c2ccnc(OC3CC(Oc4ccc(Br)nc4)C3)c2)c(N)nn1.Cc1ccccc1-c1cc(N2CC3CCC(C2)N3c2ccnc(OC3CC(Oc4ccc(C=CCO[Si](C)(C)C(C)(C)C)nc4)C3)c2)c(N)nn1. The van der Waals surface area contributed by atoms with Gasteiger partial charge in [-0.3, -0.25) is 4.98 Å². The maximum absolute atomic E-state index is 6.41. The molecule has 4 N–H and O–H groups in total. The summed E-state index contributed by atoms with van der Waals surface area (Å²) >= 11 is 3.35. The fourth-order valence-electron chi connectivity index (χ4n) is 15.0. The number of anilines is 6. The van der Waals surface area contributed by atoms with Crippen LogP contribution in [0.3, 0.4) is 0 Å². The monoisotopic (exact) mass is 1620 g/mol. The Hall–Kier alpha value is -8.57.